The van der Waals surface area contributed by atoms with Crippen LogP contribution < -0.4 is 15.5 Å². The van der Waals surface area contributed by atoms with Crippen molar-refractivity contribution >= 4 is 29.3 Å². The third-order valence-corrected chi connectivity index (χ3v) is 8.84. The van der Waals surface area contributed by atoms with Crippen molar-refractivity contribution in [3.8, 4) is 0 Å². The lowest BCUT2D eigenvalue weighted by Gasteiger charge is -2.37. The van der Waals surface area contributed by atoms with E-state index in [0.717, 1.165) is 30.6 Å². The molecule has 2 bridgehead atoms. The van der Waals surface area contributed by atoms with Crippen molar-refractivity contribution in [3.05, 3.63) is 65.7 Å². The molecule has 4 amide bonds. The van der Waals surface area contributed by atoms with E-state index in [2.05, 4.69) is 15.5 Å². The fourth-order valence-corrected chi connectivity index (χ4v) is 7.13. The number of fused-ring (bicyclic) bond motifs is 4. The van der Waals surface area contributed by atoms with Gasteiger partial charge in [0.25, 0.3) is 11.8 Å². The maximum Gasteiger partial charge on any atom is 0.253 e. The predicted octanol–water partition coefficient (Wildman–Crippen LogP) is 1.88. The van der Waals surface area contributed by atoms with Gasteiger partial charge in [0.15, 0.2) is 0 Å². The quantitative estimate of drug-likeness (QED) is 0.632. The first-order valence-electron chi connectivity index (χ1n) is 14.1. The van der Waals surface area contributed by atoms with Crippen LogP contribution in [0.25, 0.3) is 0 Å². The second kappa shape index (κ2) is 10.4. The fourth-order valence-electron chi connectivity index (χ4n) is 7.13. The van der Waals surface area contributed by atoms with E-state index in [1.54, 1.807) is 29.2 Å². The average Bonchev–Trinajstić information content (AvgIpc) is 3.62. The summed E-state index contributed by atoms with van der Waals surface area (Å²) >= 11 is 0. The molecule has 0 unspecified atom stereocenters. The van der Waals surface area contributed by atoms with Crippen molar-refractivity contribution in [3.63, 3.8) is 0 Å². The van der Waals surface area contributed by atoms with Crippen LogP contribution in [0.4, 0.5) is 5.69 Å². The normalized spacial score (nSPS) is 27.0. The van der Waals surface area contributed by atoms with Crippen LogP contribution in [0.15, 0.2) is 54.6 Å². The Morgan fingerprint density at radius 3 is 2.54 bits per heavy atom. The van der Waals surface area contributed by atoms with Gasteiger partial charge in [0.2, 0.25) is 11.8 Å². The first-order chi connectivity index (χ1) is 19.0. The summed E-state index contributed by atoms with van der Waals surface area (Å²) in [5.74, 6) is -1.00. The van der Waals surface area contributed by atoms with Crippen LogP contribution in [0.3, 0.4) is 0 Å². The summed E-state index contributed by atoms with van der Waals surface area (Å²) in [4.78, 5) is 59.5. The van der Waals surface area contributed by atoms with Crippen molar-refractivity contribution < 1.29 is 19.2 Å². The van der Waals surface area contributed by atoms with Gasteiger partial charge >= 0.3 is 0 Å². The zero-order valence-electron chi connectivity index (χ0n) is 22.1. The minimum absolute atomic E-state index is 0.0134. The van der Waals surface area contributed by atoms with Crippen LogP contribution in [0.2, 0.25) is 0 Å². The maximum absolute atomic E-state index is 14.4. The Balaban J connectivity index is 1.23. The van der Waals surface area contributed by atoms with Crippen molar-refractivity contribution in [2.75, 3.05) is 44.2 Å². The van der Waals surface area contributed by atoms with Gasteiger partial charge in [-0.3, -0.25) is 24.1 Å². The van der Waals surface area contributed by atoms with Gasteiger partial charge in [-0.05, 0) is 56.8 Å². The Kier molecular flexibility index (Phi) is 6.85. The number of anilines is 1. The molecule has 39 heavy (non-hydrogen) atoms. The van der Waals surface area contributed by atoms with Crippen LogP contribution in [0.1, 0.15) is 48.0 Å². The minimum atomic E-state index is -0.951. The highest BCUT2D eigenvalue weighted by atomic mass is 16.2. The summed E-state index contributed by atoms with van der Waals surface area (Å²) in [6.45, 7) is 2.53. The van der Waals surface area contributed by atoms with Crippen LogP contribution >= 0.6 is 0 Å². The number of nitrogens with zero attached hydrogens (tertiary/aromatic N) is 3. The van der Waals surface area contributed by atoms with E-state index in [1.807, 2.05) is 35.2 Å². The van der Waals surface area contributed by atoms with Gasteiger partial charge in [0.05, 0.1) is 12.5 Å². The first kappa shape index (κ1) is 25.6. The number of carbonyl (C=O) groups excluding carboxylic acids is 4. The summed E-state index contributed by atoms with van der Waals surface area (Å²) < 4.78 is 0. The van der Waals surface area contributed by atoms with Crippen molar-refractivity contribution in [2.24, 2.45) is 5.92 Å². The third-order valence-electron chi connectivity index (χ3n) is 8.84. The van der Waals surface area contributed by atoms with E-state index in [1.165, 1.54) is 0 Å². The zero-order chi connectivity index (χ0) is 27.0. The van der Waals surface area contributed by atoms with Gasteiger partial charge in [-0.2, -0.15) is 0 Å². The number of para-hydroxylation sites is 1. The van der Waals surface area contributed by atoms with Gasteiger partial charge in [0.1, 0.15) is 5.54 Å². The molecule has 4 aliphatic heterocycles. The Morgan fingerprint density at radius 2 is 1.69 bits per heavy atom. The highest BCUT2D eigenvalue weighted by molar-refractivity contribution is 6.11. The fraction of sp³-hybridized carbons (Fsp3) is 0.467. The van der Waals surface area contributed by atoms with Gasteiger partial charge < -0.3 is 20.4 Å². The highest BCUT2D eigenvalue weighted by Gasteiger charge is 2.66. The first-order valence-corrected chi connectivity index (χ1v) is 14.1. The van der Waals surface area contributed by atoms with Crippen LogP contribution in [0.5, 0.6) is 0 Å². The molecule has 4 aliphatic rings. The maximum atomic E-state index is 14.4. The van der Waals surface area contributed by atoms with E-state index < -0.39 is 11.5 Å². The summed E-state index contributed by atoms with van der Waals surface area (Å²) in [6.07, 6.45) is 3.94. The minimum Gasteiger partial charge on any atom is -0.356 e. The number of hydrogen-bond donors (Lipinski definition) is 2. The van der Waals surface area contributed by atoms with Crippen LogP contribution in [-0.2, 0) is 19.9 Å². The molecule has 3 atom stereocenters. The van der Waals surface area contributed by atoms with E-state index in [0.29, 0.717) is 51.0 Å². The third kappa shape index (κ3) is 4.29. The smallest absolute Gasteiger partial charge is 0.253 e. The van der Waals surface area contributed by atoms with Gasteiger partial charge in [-0.25, -0.2) is 0 Å². The summed E-state index contributed by atoms with van der Waals surface area (Å²) in [5, 5.41) is 5.82. The molecular weight excluding hydrogens is 494 g/mol. The molecule has 2 aromatic carbocycles. The molecule has 9 heteroatoms. The second-order valence-corrected chi connectivity index (χ2v) is 10.9. The van der Waals surface area contributed by atoms with E-state index in [9.17, 15) is 19.2 Å². The average molecular weight is 530 g/mol. The lowest BCUT2D eigenvalue weighted by molar-refractivity contribution is -0.138. The van der Waals surface area contributed by atoms with E-state index in [4.69, 9.17) is 0 Å². The molecular formula is C30H35N5O4. The van der Waals surface area contributed by atoms with E-state index >= 15 is 0 Å². The monoisotopic (exact) mass is 529 g/mol. The van der Waals surface area contributed by atoms with Gasteiger partial charge in [0, 0.05) is 49.0 Å². The summed E-state index contributed by atoms with van der Waals surface area (Å²) in [6, 6.07) is 17.0. The van der Waals surface area contributed by atoms with Gasteiger partial charge in [-0.1, -0.05) is 36.4 Å². The molecule has 0 aromatic heterocycles. The second-order valence-electron chi connectivity index (χ2n) is 10.9. The largest absolute Gasteiger partial charge is 0.356 e. The van der Waals surface area contributed by atoms with E-state index in [-0.39, 0.29) is 36.2 Å². The standard InChI is InChI=1S/C30H35N5O4/c36-26(20-32-27(37)21-9-2-1-3-10-21)33-15-7-14-31-28(38)24-19-22-11-6-18-35(22)30(24)23-12-4-5-13-25(23)34(29(30)39)17-8-16-33/h1-5,9-10,12-13,22,24H,6-8,11,14-20H2,(H,31,38)(H,32,37)/t22-,24-,30+/m0/s1. The molecule has 0 saturated carbocycles. The van der Waals surface area contributed by atoms with Crippen molar-refractivity contribution in [1.29, 1.82) is 0 Å². The molecule has 2 N–H and O–H groups in total. The Labute approximate surface area is 228 Å². The lowest BCUT2D eigenvalue weighted by Crippen LogP contribution is -2.56. The molecule has 3 saturated heterocycles. The van der Waals surface area contributed by atoms with Crippen LogP contribution in [0, 0.1) is 5.92 Å². The summed E-state index contributed by atoms with van der Waals surface area (Å²) in [5.41, 5.74) is 1.36. The number of amides is 4. The van der Waals surface area contributed by atoms with Crippen molar-refractivity contribution in [1.82, 2.24) is 20.4 Å². The molecule has 1 spiro atoms. The zero-order valence-corrected chi connectivity index (χ0v) is 22.1. The molecule has 3 fully saturated rings. The van der Waals surface area contributed by atoms with Crippen molar-refractivity contribution in [2.45, 2.75) is 43.7 Å². The number of rotatable bonds is 3. The number of carbonyl (C=O) groups is 4. The molecule has 0 radical (unpaired) electrons. The lowest BCUT2D eigenvalue weighted by atomic mass is 9.78. The van der Waals surface area contributed by atoms with Crippen LogP contribution in [-0.4, -0.2) is 78.7 Å². The Morgan fingerprint density at radius 1 is 0.923 bits per heavy atom. The Bertz CT molecular complexity index is 1280. The number of benzene rings is 2. The highest BCUT2D eigenvalue weighted by Crippen LogP contribution is 2.57. The molecule has 9 nitrogen and oxygen atoms in total. The number of hydrogen-bond acceptors (Lipinski definition) is 5. The predicted molar refractivity (Wildman–Crippen MR) is 146 cm³/mol. The number of nitrogens with one attached hydrogen (secondary N) is 2. The molecule has 0 aliphatic carbocycles. The summed E-state index contributed by atoms with van der Waals surface area (Å²) in [7, 11) is 0. The topological polar surface area (TPSA) is 102 Å². The molecule has 2 aromatic rings. The molecule has 204 valence electrons. The van der Waals surface area contributed by atoms with Gasteiger partial charge in [-0.15, -0.1) is 0 Å². The SMILES string of the molecule is O=C(NCC(=O)N1CCCNC(=O)[C@@H]2C[C@@H]3CCCN3[C@@]23C(=O)N(CCC1)c1ccccc13)c1ccccc1. The molecule has 6 rings (SSSR count). The Hall–Kier alpha value is -3.72. The molecule has 4 heterocycles.